The molecule has 7 heteroatoms. The lowest BCUT2D eigenvalue weighted by atomic mass is 9.46. The molecule has 1 heterocycles. The third-order valence-corrected chi connectivity index (χ3v) is 9.42. The van der Waals surface area contributed by atoms with Gasteiger partial charge in [-0.3, -0.25) is 4.79 Å². The lowest BCUT2D eigenvalue weighted by Crippen LogP contribution is -2.63. The second-order valence-corrected chi connectivity index (χ2v) is 11.7. The van der Waals surface area contributed by atoms with Gasteiger partial charge >= 0.3 is 0 Å². The van der Waals surface area contributed by atoms with Gasteiger partial charge in [0.05, 0.1) is 25.9 Å². The summed E-state index contributed by atoms with van der Waals surface area (Å²) in [5.74, 6) is 1.77. The van der Waals surface area contributed by atoms with Gasteiger partial charge in [-0.15, -0.1) is 0 Å². The fraction of sp³-hybridized carbons (Fsp3) is 0.581. The smallest absolute Gasteiger partial charge is 0.220 e. The van der Waals surface area contributed by atoms with Crippen LogP contribution in [0.2, 0.25) is 0 Å². The van der Waals surface area contributed by atoms with Crippen LogP contribution in [-0.2, 0) is 20.8 Å². The minimum Gasteiger partial charge on any atom is -0.497 e. The molecule has 2 N–H and O–H groups in total. The topological polar surface area (TPSA) is 86.3 Å². The van der Waals surface area contributed by atoms with Crippen molar-refractivity contribution in [1.29, 1.82) is 0 Å². The second kappa shape index (κ2) is 11.2. The highest BCUT2D eigenvalue weighted by Crippen LogP contribution is 2.62. The third-order valence-electron chi connectivity index (χ3n) is 9.42. The van der Waals surface area contributed by atoms with E-state index < -0.39 is 12.4 Å². The van der Waals surface area contributed by atoms with Crippen molar-refractivity contribution in [3.63, 3.8) is 0 Å². The van der Waals surface area contributed by atoms with E-state index in [2.05, 4.69) is 19.2 Å². The van der Waals surface area contributed by atoms with E-state index in [-0.39, 0.29) is 28.8 Å². The largest absolute Gasteiger partial charge is 0.497 e. The van der Waals surface area contributed by atoms with Crippen molar-refractivity contribution in [2.75, 3.05) is 20.3 Å². The minimum atomic E-state index is -0.486. The van der Waals surface area contributed by atoms with Gasteiger partial charge in [0.1, 0.15) is 18.1 Å². The summed E-state index contributed by atoms with van der Waals surface area (Å²) in [6.45, 7) is 5.95. The first-order valence-corrected chi connectivity index (χ1v) is 13.8. The van der Waals surface area contributed by atoms with Crippen LogP contribution in [0.1, 0.15) is 51.5 Å². The van der Waals surface area contributed by atoms with Crippen LogP contribution >= 0.6 is 0 Å². The van der Waals surface area contributed by atoms with Crippen molar-refractivity contribution >= 4 is 5.91 Å². The van der Waals surface area contributed by atoms with Gasteiger partial charge in [0.15, 0.2) is 6.29 Å². The second-order valence-electron chi connectivity index (χ2n) is 11.7. The number of carbonyl (C=O) groups excluding carboxylic acids is 1. The minimum absolute atomic E-state index is 0.0201. The first kappa shape index (κ1) is 27.0. The molecule has 7 nitrogen and oxygen atoms in total. The van der Waals surface area contributed by atoms with Gasteiger partial charge in [-0.1, -0.05) is 44.2 Å². The van der Waals surface area contributed by atoms with E-state index in [4.69, 9.17) is 18.9 Å². The Bertz CT molecular complexity index is 1080. The Labute approximate surface area is 225 Å². The maximum absolute atomic E-state index is 13.1. The average Bonchev–Trinajstić information content (AvgIpc) is 2.93. The summed E-state index contributed by atoms with van der Waals surface area (Å²) in [6.07, 6.45) is 2.90. The Kier molecular flexibility index (Phi) is 7.98. The van der Waals surface area contributed by atoms with Crippen molar-refractivity contribution in [3.8, 4) is 11.5 Å². The number of ether oxygens (including phenoxy) is 4. The Balaban J connectivity index is 1.21. The number of fused-ring (bicyclic) bond motifs is 3. The quantitative estimate of drug-likeness (QED) is 0.521. The maximum Gasteiger partial charge on any atom is 0.220 e. The Morgan fingerprint density at radius 2 is 1.79 bits per heavy atom. The highest BCUT2D eigenvalue weighted by Gasteiger charge is 2.61. The maximum atomic E-state index is 13.1. The fourth-order valence-corrected chi connectivity index (χ4v) is 7.27. The molecule has 0 bridgehead atoms. The molecule has 1 saturated heterocycles. The number of amides is 1. The summed E-state index contributed by atoms with van der Waals surface area (Å²) in [6, 6.07) is 17.4. The van der Waals surface area contributed by atoms with Crippen LogP contribution < -0.4 is 14.8 Å². The van der Waals surface area contributed by atoms with E-state index in [9.17, 15) is 9.90 Å². The molecule has 0 radical (unpaired) electrons. The molecule has 2 aromatic carbocycles. The van der Waals surface area contributed by atoms with Gasteiger partial charge < -0.3 is 29.4 Å². The number of para-hydroxylation sites is 1. The molecule has 3 fully saturated rings. The first-order chi connectivity index (χ1) is 18.3. The molecule has 206 valence electrons. The summed E-state index contributed by atoms with van der Waals surface area (Å²) < 4.78 is 23.8. The zero-order valence-corrected chi connectivity index (χ0v) is 22.7. The van der Waals surface area contributed by atoms with Gasteiger partial charge in [0.2, 0.25) is 5.91 Å². The van der Waals surface area contributed by atoms with Crippen molar-refractivity contribution in [2.24, 2.45) is 22.7 Å². The van der Waals surface area contributed by atoms with Crippen molar-refractivity contribution in [3.05, 3.63) is 60.2 Å². The third kappa shape index (κ3) is 5.42. The zero-order valence-electron chi connectivity index (χ0n) is 22.7. The molecule has 0 spiro atoms. The number of carbonyl (C=O) groups is 1. The summed E-state index contributed by atoms with van der Waals surface area (Å²) in [4.78, 5) is 13.1. The molecular formula is C31H41NO6. The van der Waals surface area contributed by atoms with Gasteiger partial charge in [-0.05, 0) is 72.8 Å². The van der Waals surface area contributed by atoms with Crippen LogP contribution in [0.25, 0.3) is 0 Å². The van der Waals surface area contributed by atoms with Gasteiger partial charge in [0, 0.05) is 18.4 Å². The predicted octanol–water partition coefficient (Wildman–Crippen LogP) is 4.72. The number of rotatable bonds is 8. The highest BCUT2D eigenvalue weighted by molar-refractivity contribution is 5.76. The van der Waals surface area contributed by atoms with Gasteiger partial charge in [-0.25, -0.2) is 0 Å². The molecule has 0 aromatic heterocycles. The molecule has 3 aliphatic rings. The van der Waals surface area contributed by atoms with Crippen LogP contribution in [0.3, 0.4) is 0 Å². The fourth-order valence-electron chi connectivity index (χ4n) is 7.27. The summed E-state index contributed by atoms with van der Waals surface area (Å²) in [5, 5.41) is 14.2. The van der Waals surface area contributed by atoms with Crippen molar-refractivity contribution < 1.29 is 28.8 Å². The number of aliphatic hydroxyl groups is 1. The molecule has 2 saturated carbocycles. The van der Waals surface area contributed by atoms with Crippen molar-refractivity contribution in [1.82, 2.24) is 5.32 Å². The molecule has 1 amide bonds. The Hall–Kier alpha value is -2.61. The van der Waals surface area contributed by atoms with Crippen LogP contribution in [0.15, 0.2) is 54.6 Å². The first-order valence-electron chi connectivity index (χ1n) is 13.8. The summed E-state index contributed by atoms with van der Waals surface area (Å²) in [7, 11) is 1.64. The Morgan fingerprint density at radius 3 is 2.53 bits per heavy atom. The highest BCUT2D eigenvalue weighted by atomic mass is 16.7. The van der Waals surface area contributed by atoms with Gasteiger partial charge in [0.25, 0.3) is 0 Å². The standard InChI is InChI=1S/C31H41NO6/c1-30-16-15-27-31(2,20-37-29(38-27)19-36-23-7-5-4-6-8-23)26(30)14-13-25(33)24(30)17-28(34)32-18-21-9-11-22(35-3)12-10-21/h4-12,24-27,29,33H,13-20H2,1-3H3,(H,32,34)/t24-,25-,26+,27-,29-,30+,31+/m1/s1. The van der Waals surface area contributed by atoms with Crippen LogP contribution in [0.4, 0.5) is 0 Å². The number of hydrogen-bond donors (Lipinski definition) is 2. The molecule has 38 heavy (non-hydrogen) atoms. The van der Waals surface area contributed by atoms with E-state index in [1.165, 1.54) is 0 Å². The van der Waals surface area contributed by atoms with E-state index >= 15 is 0 Å². The molecule has 0 unspecified atom stereocenters. The lowest BCUT2D eigenvalue weighted by Gasteiger charge is -2.62. The normalized spacial score (nSPS) is 34.5. The molecule has 1 aliphatic heterocycles. The monoisotopic (exact) mass is 523 g/mol. The Morgan fingerprint density at radius 1 is 1.03 bits per heavy atom. The van der Waals surface area contributed by atoms with Crippen LogP contribution in [-0.4, -0.2) is 49.8 Å². The van der Waals surface area contributed by atoms with Crippen LogP contribution in [0.5, 0.6) is 11.5 Å². The summed E-state index contributed by atoms with van der Waals surface area (Å²) >= 11 is 0. The molecule has 5 rings (SSSR count). The number of aliphatic hydroxyl groups excluding tert-OH is 1. The molecule has 2 aliphatic carbocycles. The average molecular weight is 524 g/mol. The van der Waals surface area contributed by atoms with Crippen molar-refractivity contribution in [2.45, 2.75) is 71.0 Å². The van der Waals surface area contributed by atoms with E-state index in [1.807, 2.05) is 54.6 Å². The number of nitrogens with one attached hydrogen (secondary N) is 1. The zero-order chi connectivity index (χ0) is 26.8. The van der Waals surface area contributed by atoms with Crippen LogP contribution in [0, 0.1) is 22.7 Å². The number of benzene rings is 2. The van der Waals surface area contributed by atoms with Gasteiger partial charge in [-0.2, -0.15) is 0 Å². The predicted molar refractivity (Wildman–Crippen MR) is 144 cm³/mol. The molecule has 7 atom stereocenters. The molecule has 2 aromatic rings. The SMILES string of the molecule is COc1ccc(CNC(=O)C[C@@H]2[C@H](O)CC[C@@H]3[C@]4(C)CO[C@@H](COc5ccccc5)O[C@@H]4CC[C@]32C)cc1. The van der Waals surface area contributed by atoms with E-state index in [0.29, 0.717) is 38.5 Å². The number of hydrogen-bond acceptors (Lipinski definition) is 6. The lowest BCUT2D eigenvalue weighted by molar-refractivity contribution is -0.313. The molecular weight excluding hydrogens is 482 g/mol. The van der Waals surface area contributed by atoms with E-state index in [0.717, 1.165) is 36.3 Å². The summed E-state index contributed by atoms with van der Waals surface area (Å²) in [5.41, 5.74) is 0.678. The van der Waals surface area contributed by atoms with E-state index in [1.54, 1.807) is 7.11 Å². The number of methoxy groups -OCH3 is 1.